The highest BCUT2D eigenvalue weighted by atomic mass is 32.1. The van der Waals surface area contributed by atoms with Crippen molar-refractivity contribution >= 4 is 28.1 Å². The molecule has 4 heterocycles. The van der Waals surface area contributed by atoms with E-state index in [2.05, 4.69) is 55.9 Å². The molecule has 3 N–H and O–H groups in total. The number of nitrogens with one attached hydrogen (secondary N) is 3. The van der Waals surface area contributed by atoms with Crippen molar-refractivity contribution in [1.82, 2.24) is 25.1 Å². The zero-order valence-electron chi connectivity index (χ0n) is 18.2. The van der Waals surface area contributed by atoms with Gasteiger partial charge in [-0.2, -0.15) is 5.26 Å². The number of nitrogens with zero attached hydrogens (tertiary/aromatic N) is 5. The Morgan fingerprint density at radius 3 is 2.74 bits per heavy atom. The standard InChI is InChI=1S/C22H32N8S/c1-17-14-25-22(31-17)28-21-13-18(12-20(27-21)26-19-4-2-6-24-15-19)16-30-10-8-29(9-11-30)7-3-5-23/h12-14,19,24H,2-4,6-11,15-16H2,1H3,(H2,25,26,27,28)/t19-/m0/s1. The summed E-state index contributed by atoms with van der Waals surface area (Å²) < 4.78 is 0. The Bertz CT molecular complexity index is 878. The molecule has 0 amide bonds. The van der Waals surface area contributed by atoms with E-state index in [1.807, 2.05) is 6.20 Å². The molecule has 0 spiro atoms. The van der Waals surface area contributed by atoms with E-state index in [4.69, 9.17) is 10.2 Å². The molecule has 2 aliphatic rings. The van der Waals surface area contributed by atoms with Crippen LogP contribution < -0.4 is 16.0 Å². The van der Waals surface area contributed by atoms with Crippen molar-refractivity contribution in [2.24, 2.45) is 0 Å². The fraction of sp³-hybridized carbons (Fsp3) is 0.591. The van der Waals surface area contributed by atoms with Crippen molar-refractivity contribution in [2.45, 2.75) is 38.8 Å². The van der Waals surface area contributed by atoms with E-state index in [-0.39, 0.29) is 0 Å². The van der Waals surface area contributed by atoms with Crippen LogP contribution in [0.15, 0.2) is 18.3 Å². The van der Waals surface area contributed by atoms with Gasteiger partial charge in [-0.05, 0) is 44.0 Å². The second kappa shape index (κ2) is 10.9. The van der Waals surface area contributed by atoms with Crippen LogP contribution in [0.5, 0.6) is 0 Å². The van der Waals surface area contributed by atoms with Crippen molar-refractivity contribution in [1.29, 1.82) is 5.26 Å². The first-order chi connectivity index (χ1) is 15.2. The van der Waals surface area contributed by atoms with E-state index < -0.39 is 0 Å². The third-order valence-corrected chi connectivity index (χ3v) is 6.63. The Kier molecular flexibility index (Phi) is 7.70. The van der Waals surface area contributed by atoms with Gasteiger partial charge in [0.2, 0.25) is 0 Å². The van der Waals surface area contributed by atoms with Gasteiger partial charge in [0.25, 0.3) is 0 Å². The Morgan fingerprint density at radius 2 is 2.03 bits per heavy atom. The Labute approximate surface area is 188 Å². The normalized spacial score (nSPS) is 20.3. The molecule has 2 saturated heterocycles. The highest BCUT2D eigenvalue weighted by Gasteiger charge is 2.18. The lowest BCUT2D eigenvalue weighted by Crippen LogP contribution is -2.46. The van der Waals surface area contributed by atoms with E-state index >= 15 is 0 Å². The van der Waals surface area contributed by atoms with Gasteiger partial charge in [0.15, 0.2) is 5.13 Å². The summed E-state index contributed by atoms with van der Waals surface area (Å²) in [6, 6.07) is 6.99. The van der Waals surface area contributed by atoms with Crippen LogP contribution in [-0.4, -0.2) is 71.6 Å². The number of rotatable bonds is 8. The average molecular weight is 441 g/mol. The Morgan fingerprint density at radius 1 is 1.23 bits per heavy atom. The lowest BCUT2D eigenvalue weighted by molar-refractivity contribution is 0.129. The van der Waals surface area contributed by atoms with Crippen LogP contribution >= 0.6 is 11.3 Å². The van der Waals surface area contributed by atoms with Crippen molar-refractivity contribution in [3.05, 3.63) is 28.8 Å². The van der Waals surface area contributed by atoms with Crippen molar-refractivity contribution < 1.29 is 0 Å². The van der Waals surface area contributed by atoms with Crippen molar-refractivity contribution in [3.8, 4) is 6.07 Å². The van der Waals surface area contributed by atoms with E-state index in [1.54, 1.807) is 11.3 Å². The number of piperazine rings is 1. The number of aromatic nitrogens is 2. The second-order valence-corrected chi connectivity index (χ2v) is 9.60. The number of aryl methyl sites for hydroxylation is 1. The lowest BCUT2D eigenvalue weighted by atomic mass is 10.1. The fourth-order valence-corrected chi connectivity index (χ4v) is 4.83. The van der Waals surface area contributed by atoms with E-state index in [9.17, 15) is 0 Å². The van der Waals surface area contributed by atoms with Crippen LogP contribution in [0.2, 0.25) is 0 Å². The second-order valence-electron chi connectivity index (χ2n) is 8.36. The number of hydrogen-bond acceptors (Lipinski definition) is 9. The molecule has 9 heteroatoms. The van der Waals surface area contributed by atoms with Gasteiger partial charge in [0.05, 0.1) is 6.07 Å². The van der Waals surface area contributed by atoms with Gasteiger partial charge in [0.1, 0.15) is 11.6 Å². The smallest absolute Gasteiger partial charge is 0.188 e. The van der Waals surface area contributed by atoms with Gasteiger partial charge < -0.3 is 16.0 Å². The Balaban J connectivity index is 1.44. The van der Waals surface area contributed by atoms with Gasteiger partial charge in [-0.15, -0.1) is 11.3 Å². The zero-order chi connectivity index (χ0) is 21.5. The molecule has 0 aromatic carbocycles. The molecule has 2 aromatic heterocycles. The Hall–Kier alpha value is -2.25. The summed E-state index contributed by atoms with van der Waals surface area (Å²) in [5.41, 5.74) is 1.25. The minimum atomic E-state index is 0.412. The third kappa shape index (κ3) is 6.61. The number of piperidine rings is 1. The van der Waals surface area contributed by atoms with Crippen molar-refractivity contribution in [3.63, 3.8) is 0 Å². The number of hydrogen-bond donors (Lipinski definition) is 3. The first-order valence-corrected chi connectivity index (χ1v) is 12.0. The largest absolute Gasteiger partial charge is 0.366 e. The summed E-state index contributed by atoms with van der Waals surface area (Å²) in [6.45, 7) is 10.0. The van der Waals surface area contributed by atoms with E-state index in [0.717, 1.165) is 75.5 Å². The molecule has 2 aromatic rings. The zero-order valence-corrected chi connectivity index (χ0v) is 19.0. The average Bonchev–Trinajstić information content (AvgIpc) is 3.18. The quantitative estimate of drug-likeness (QED) is 0.577. The predicted molar refractivity (Wildman–Crippen MR) is 126 cm³/mol. The number of thiazole rings is 1. The molecule has 166 valence electrons. The number of nitriles is 1. The molecule has 0 saturated carbocycles. The molecule has 1 atom stereocenters. The van der Waals surface area contributed by atoms with Gasteiger partial charge in [-0.1, -0.05) is 0 Å². The molecule has 2 fully saturated rings. The maximum Gasteiger partial charge on any atom is 0.188 e. The van der Waals surface area contributed by atoms with Gasteiger partial charge in [-0.25, -0.2) is 9.97 Å². The molecule has 4 rings (SSSR count). The number of anilines is 3. The fourth-order valence-electron chi connectivity index (χ4n) is 4.16. The molecule has 0 bridgehead atoms. The topological polar surface area (TPSA) is 92.1 Å². The van der Waals surface area contributed by atoms with Gasteiger partial charge >= 0.3 is 0 Å². The monoisotopic (exact) mass is 440 g/mol. The molecule has 0 radical (unpaired) electrons. The van der Waals surface area contributed by atoms with Gasteiger partial charge in [0, 0.05) is 69.3 Å². The van der Waals surface area contributed by atoms with Gasteiger partial charge in [-0.3, -0.25) is 9.80 Å². The molecular weight excluding hydrogens is 408 g/mol. The summed E-state index contributed by atoms with van der Waals surface area (Å²) >= 11 is 1.64. The number of pyridine rings is 1. The summed E-state index contributed by atoms with van der Waals surface area (Å²) in [5, 5.41) is 20.2. The predicted octanol–water partition coefficient (Wildman–Crippen LogP) is 2.79. The lowest BCUT2D eigenvalue weighted by Gasteiger charge is -2.34. The highest BCUT2D eigenvalue weighted by molar-refractivity contribution is 7.15. The van der Waals surface area contributed by atoms with Crippen LogP contribution in [0, 0.1) is 18.3 Å². The molecular formula is C22H32N8S. The van der Waals surface area contributed by atoms with Crippen molar-refractivity contribution in [2.75, 3.05) is 56.4 Å². The van der Waals surface area contributed by atoms with E-state index in [1.165, 1.54) is 16.9 Å². The third-order valence-electron chi connectivity index (χ3n) is 5.80. The minimum Gasteiger partial charge on any atom is -0.366 e. The summed E-state index contributed by atoms with van der Waals surface area (Å²) in [6.07, 6.45) is 4.85. The summed E-state index contributed by atoms with van der Waals surface area (Å²) in [4.78, 5) is 15.3. The highest BCUT2D eigenvalue weighted by Crippen LogP contribution is 2.24. The molecule has 2 aliphatic heterocycles. The molecule has 0 aliphatic carbocycles. The summed E-state index contributed by atoms with van der Waals surface area (Å²) in [5.74, 6) is 1.76. The first-order valence-electron chi connectivity index (χ1n) is 11.2. The first kappa shape index (κ1) is 22.0. The van der Waals surface area contributed by atoms with Crippen LogP contribution in [0.25, 0.3) is 0 Å². The minimum absolute atomic E-state index is 0.412. The SMILES string of the molecule is Cc1cnc(Nc2cc(CN3CCN(CCC#N)CC3)cc(N[C@H]3CCCNC3)n2)s1. The van der Waals surface area contributed by atoms with Crippen LogP contribution in [0.4, 0.5) is 16.8 Å². The maximum atomic E-state index is 8.81. The molecule has 0 unspecified atom stereocenters. The molecule has 31 heavy (non-hydrogen) atoms. The summed E-state index contributed by atoms with van der Waals surface area (Å²) in [7, 11) is 0. The molecule has 8 nitrogen and oxygen atoms in total. The maximum absolute atomic E-state index is 8.81. The van der Waals surface area contributed by atoms with E-state index in [0.29, 0.717) is 12.5 Å². The van der Waals surface area contributed by atoms with Crippen LogP contribution in [0.3, 0.4) is 0 Å². The van der Waals surface area contributed by atoms with Crippen LogP contribution in [-0.2, 0) is 6.54 Å². The van der Waals surface area contributed by atoms with Crippen LogP contribution in [0.1, 0.15) is 29.7 Å².